The first kappa shape index (κ1) is 22.1. The van der Waals surface area contributed by atoms with E-state index in [1.807, 2.05) is 36.4 Å². The summed E-state index contributed by atoms with van der Waals surface area (Å²) in [6.45, 7) is 0.832. The van der Waals surface area contributed by atoms with Crippen molar-refractivity contribution in [1.82, 2.24) is 14.6 Å². The minimum Gasteiger partial charge on any atom is -0.497 e. The van der Waals surface area contributed by atoms with Gasteiger partial charge in [-0.2, -0.15) is 4.72 Å². The molecule has 174 valence electrons. The van der Waals surface area contributed by atoms with Crippen LogP contribution in [-0.4, -0.2) is 43.9 Å². The number of nitrogens with one attached hydrogen (secondary N) is 1. The number of sulfonamides is 1. The molecule has 1 aromatic heterocycles. The van der Waals surface area contributed by atoms with Crippen LogP contribution in [0.4, 0.5) is 5.82 Å². The van der Waals surface area contributed by atoms with E-state index in [-0.39, 0.29) is 10.8 Å². The van der Waals surface area contributed by atoms with Crippen LogP contribution < -0.4 is 15.2 Å². The topological polar surface area (TPSA) is 115 Å². The lowest BCUT2D eigenvalue weighted by Gasteiger charge is -2.18. The number of pyridine rings is 1. The molecule has 0 aliphatic carbocycles. The quantitative estimate of drug-likeness (QED) is 0.442. The first-order chi connectivity index (χ1) is 16.3. The minimum absolute atomic E-state index is 0.108. The molecule has 0 bridgehead atoms. The van der Waals surface area contributed by atoms with E-state index in [0.717, 1.165) is 27.1 Å². The normalized spacial score (nSPS) is 16.4. The Kier molecular flexibility index (Phi) is 5.59. The monoisotopic (exact) mass is 476 g/mol. The van der Waals surface area contributed by atoms with Gasteiger partial charge in [-0.25, -0.2) is 13.4 Å². The second kappa shape index (κ2) is 8.58. The predicted molar refractivity (Wildman–Crippen MR) is 131 cm³/mol. The maximum atomic E-state index is 13.0. The van der Waals surface area contributed by atoms with Gasteiger partial charge in [-0.3, -0.25) is 4.79 Å². The Bertz CT molecular complexity index is 1520. The summed E-state index contributed by atoms with van der Waals surface area (Å²) in [7, 11) is -2.32. The predicted octanol–water partition coefficient (Wildman–Crippen LogP) is 3.06. The molecule has 0 spiro atoms. The van der Waals surface area contributed by atoms with E-state index in [1.54, 1.807) is 42.5 Å². The van der Waals surface area contributed by atoms with E-state index in [4.69, 9.17) is 10.5 Å². The molecule has 0 radical (unpaired) electrons. The van der Waals surface area contributed by atoms with Gasteiger partial charge in [0.1, 0.15) is 17.6 Å². The molecule has 5 rings (SSSR count). The summed E-state index contributed by atoms with van der Waals surface area (Å²) >= 11 is 0. The van der Waals surface area contributed by atoms with Crippen LogP contribution in [0, 0.1) is 0 Å². The number of likely N-dealkylation sites (tertiary alicyclic amines) is 1. The van der Waals surface area contributed by atoms with Crippen LogP contribution in [0.1, 0.15) is 12.0 Å². The number of hydrogen-bond acceptors (Lipinski definition) is 6. The summed E-state index contributed by atoms with van der Waals surface area (Å²) in [6, 6.07) is 17.2. The van der Waals surface area contributed by atoms with Crippen LogP contribution in [0.25, 0.3) is 21.5 Å². The Labute approximate surface area is 197 Å². The summed E-state index contributed by atoms with van der Waals surface area (Å²) in [4.78, 5) is 18.9. The number of fused-ring (bicyclic) bond motifs is 2. The number of nitrogens with zero attached hydrogens (tertiary/aromatic N) is 2. The number of amides is 1. The van der Waals surface area contributed by atoms with E-state index in [9.17, 15) is 13.2 Å². The molecule has 1 atom stereocenters. The van der Waals surface area contributed by atoms with Crippen LogP contribution in [0.2, 0.25) is 0 Å². The van der Waals surface area contributed by atoms with Gasteiger partial charge in [0.15, 0.2) is 0 Å². The molecule has 1 unspecified atom stereocenters. The first-order valence-corrected chi connectivity index (χ1v) is 12.3. The smallest absolute Gasteiger partial charge is 0.241 e. The number of aromatic nitrogens is 1. The number of anilines is 1. The van der Waals surface area contributed by atoms with Gasteiger partial charge >= 0.3 is 0 Å². The maximum absolute atomic E-state index is 13.0. The third-order valence-electron chi connectivity index (χ3n) is 6.16. The highest BCUT2D eigenvalue weighted by atomic mass is 32.2. The molecule has 4 aromatic rings. The van der Waals surface area contributed by atoms with E-state index in [0.29, 0.717) is 31.1 Å². The average molecular weight is 477 g/mol. The van der Waals surface area contributed by atoms with E-state index in [1.165, 1.54) is 0 Å². The van der Waals surface area contributed by atoms with E-state index < -0.39 is 16.1 Å². The molecule has 34 heavy (non-hydrogen) atoms. The number of methoxy groups -OCH3 is 1. The van der Waals surface area contributed by atoms with Gasteiger partial charge in [0.05, 0.1) is 12.0 Å². The summed E-state index contributed by atoms with van der Waals surface area (Å²) in [5.41, 5.74) is 6.89. The number of nitrogen functional groups attached to an aromatic ring is 1. The number of rotatable bonds is 6. The van der Waals surface area contributed by atoms with Crippen LogP contribution in [0.3, 0.4) is 0 Å². The molecule has 1 fully saturated rings. The Balaban J connectivity index is 1.32. The van der Waals surface area contributed by atoms with Gasteiger partial charge in [-0.05, 0) is 64.5 Å². The molecule has 9 heteroatoms. The van der Waals surface area contributed by atoms with Crippen molar-refractivity contribution in [2.75, 3.05) is 19.4 Å². The fourth-order valence-corrected chi connectivity index (χ4v) is 5.57. The lowest BCUT2D eigenvalue weighted by molar-refractivity contribution is -0.129. The molecule has 1 saturated heterocycles. The van der Waals surface area contributed by atoms with Gasteiger partial charge in [-0.1, -0.05) is 24.3 Å². The molecule has 1 amide bonds. The standard InChI is InChI=1S/C25H24N4O4S/c1-33-20-6-4-17-5-7-21(14-19(17)13-20)34(31,32)28-23-9-11-29(25(23)30)15-16-2-3-18-8-10-27-24(26)22(18)12-16/h2-8,10,12-14,23,28H,9,11,15H2,1H3,(H2,26,27). The van der Waals surface area contributed by atoms with Crippen LogP contribution in [0.15, 0.2) is 71.8 Å². The zero-order valence-electron chi connectivity index (χ0n) is 18.6. The molecule has 0 saturated carbocycles. The molecule has 3 aromatic carbocycles. The fraction of sp³-hybridized carbons (Fsp3) is 0.200. The fourth-order valence-electron chi connectivity index (χ4n) is 4.31. The molecule has 1 aliphatic rings. The third-order valence-corrected chi connectivity index (χ3v) is 7.63. The third kappa shape index (κ3) is 4.15. The summed E-state index contributed by atoms with van der Waals surface area (Å²) in [5.74, 6) is 0.832. The molecule has 3 N–H and O–H groups in total. The number of carbonyl (C=O) groups excluding carboxylic acids is 1. The zero-order valence-corrected chi connectivity index (χ0v) is 19.4. The number of nitrogens with two attached hydrogens (primary N) is 1. The van der Waals surface area contributed by atoms with Crippen molar-refractivity contribution in [2.24, 2.45) is 0 Å². The van der Waals surface area contributed by atoms with Crippen molar-refractivity contribution in [2.45, 2.75) is 23.9 Å². The molecular formula is C25H24N4O4S. The number of ether oxygens (including phenoxy) is 1. The second-order valence-electron chi connectivity index (χ2n) is 8.35. The van der Waals surface area contributed by atoms with Crippen molar-refractivity contribution in [3.8, 4) is 5.75 Å². The Morgan fingerprint density at radius 2 is 1.85 bits per heavy atom. The summed E-state index contributed by atoms with van der Waals surface area (Å²) in [6.07, 6.45) is 2.06. The molecule has 8 nitrogen and oxygen atoms in total. The van der Waals surface area contributed by atoms with Gasteiger partial charge in [-0.15, -0.1) is 0 Å². The largest absolute Gasteiger partial charge is 0.497 e. The zero-order chi connectivity index (χ0) is 23.9. The number of carbonyl (C=O) groups is 1. The summed E-state index contributed by atoms with van der Waals surface area (Å²) < 4.78 is 33.9. The van der Waals surface area contributed by atoms with E-state index in [2.05, 4.69) is 9.71 Å². The Morgan fingerprint density at radius 1 is 1.06 bits per heavy atom. The first-order valence-electron chi connectivity index (χ1n) is 10.9. The Morgan fingerprint density at radius 3 is 2.68 bits per heavy atom. The highest BCUT2D eigenvalue weighted by Crippen LogP contribution is 2.26. The Hall–Kier alpha value is -3.69. The highest BCUT2D eigenvalue weighted by molar-refractivity contribution is 7.89. The molecule has 1 aliphatic heterocycles. The van der Waals surface area contributed by atoms with Gasteiger partial charge < -0.3 is 15.4 Å². The van der Waals surface area contributed by atoms with Crippen molar-refractivity contribution in [3.63, 3.8) is 0 Å². The average Bonchev–Trinajstić information content (AvgIpc) is 3.17. The van der Waals surface area contributed by atoms with Crippen molar-refractivity contribution >= 4 is 43.3 Å². The lowest BCUT2D eigenvalue weighted by atomic mass is 10.1. The van der Waals surface area contributed by atoms with Gasteiger partial charge in [0, 0.05) is 24.7 Å². The van der Waals surface area contributed by atoms with Crippen LogP contribution in [-0.2, 0) is 21.4 Å². The second-order valence-corrected chi connectivity index (χ2v) is 10.1. The summed E-state index contributed by atoms with van der Waals surface area (Å²) in [5, 5.41) is 3.44. The molecular weight excluding hydrogens is 452 g/mol. The maximum Gasteiger partial charge on any atom is 0.241 e. The van der Waals surface area contributed by atoms with Crippen LogP contribution >= 0.6 is 0 Å². The van der Waals surface area contributed by atoms with E-state index >= 15 is 0 Å². The van der Waals surface area contributed by atoms with Gasteiger partial charge in [0.2, 0.25) is 15.9 Å². The highest BCUT2D eigenvalue weighted by Gasteiger charge is 2.35. The molecule has 2 heterocycles. The SMILES string of the molecule is COc1ccc2ccc(S(=O)(=O)NC3CCN(Cc4ccc5ccnc(N)c5c4)C3=O)cc2c1. The lowest BCUT2D eigenvalue weighted by Crippen LogP contribution is -2.41. The van der Waals surface area contributed by atoms with Crippen molar-refractivity contribution in [1.29, 1.82) is 0 Å². The number of hydrogen-bond donors (Lipinski definition) is 2. The minimum atomic E-state index is -3.88. The van der Waals surface area contributed by atoms with Gasteiger partial charge in [0.25, 0.3) is 0 Å². The van der Waals surface area contributed by atoms with Crippen LogP contribution in [0.5, 0.6) is 5.75 Å². The van der Waals surface area contributed by atoms with Crippen molar-refractivity contribution < 1.29 is 17.9 Å². The number of benzene rings is 3. The van der Waals surface area contributed by atoms with Crippen molar-refractivity contribution in [3.05, 3.63) is 72.4 Å².